The Labute approximate surface area is 197 Å². The van der Waals surface area contributed by atoms with Gasteiger partial charge in [-0.05, 0) is 25.5 Å². The number of nitrogens with zero attached hydrogens (tertiary/aromatic N) is 2. The molecule has 1 atom stereocenters. The summed E-state index contributed by atoms with van der Waals surface area (Å²) in [5.74, 6) is -4.12. The average molecular weight is 477 g/mol. The monoisotopic (exact) mass is 476 g/mol. The first-order chi connectivity index (χ1) is 16.2. The van der Waals surface area contributed by atoms with Crippen LogP contribution in [0.3, 0.4) is 0 Å². The van der Waals surface area contributed by atoms with Gasteiger partial charge in [-0.2, -0.15) is 0 Å². The van der Waals surface area contributed by atoms with Gasteiger partial charge >= 0.3 is 5.91 Å². The molecule has 1 fully saturated rings. The van der Waals surface area contributed by atoms with Crippen LogP contribution in [0.5, 0.6) is 0 Å². The molecule has 2 heterocycles. The van der Waals surface area contributed by atoms with Gasteiger partial charge in [-0.25, -0.2) is 13.8 Å². The summed E-state index contributed by atoms with van der Waals surface area (Å²) in [6.07, 6.45) is 0. The average Bonchev–Trinajstić information content (AvgIpc) is 3.32. The lowest BCUT2D eigenvalue weighted by Gasteiger charge is -2.23. The minimum Gasteiger partial charge on any atom is -0.507 e. The molecule has 5 nitrogen and oxygen atoms in total. The van der Waals surface area contributed by atoms with Gasteiger partial charge in [-0.3, -0.25) is 14.5 Å². The topological polar surface area (TPSA) is 70.5 Å². The van der Waals surface area contributed by atoms with Gasteiger partial charge in [-0.15, -0.1) is 0 Å². The second kappa shape index (κ2) is 8.14. The summed E-state index contributed by atoms with van der Waals surface area (Å²) < 4.78 is 27.9. The molecule has 0 radical (unpaired) electrons. The number of anilines is 1. The standard InChI is InChI=1S/C26H18F2N2O3S/c1-13-6-8-15(9-7-13)23(31)21-22(16-5-3-4-14(2)10-16)30(25(33)24(21)32)26-29-19-11-17(27)18(28)12-20(19)34-26/h3-12,22,31H,1-2H3/b23-21+. The number of aliphatic hydroxyl groups excluding tert-OH is 1. The highest BCUT2D eigenvalue weighted by Gasteiger charge is 2.48. The van der Waals surface area contributed by atoms with Crippen molar-refractivity contribution < 1.29 is 23.5 Å². The van der Waals surface area contributed by atoms with E-state index in [0.717, 1.165) is 34.6 Å². The molecular weight excluding hydrogens is 458 g/mol. The third-order valence-corrected chi connectivity index (χ3v) is 6.77. The van der Waals surface area contributed by atoms with Crippen LogP contribution in [0.4, 0.5) is 13.9 Å². The van der Waals surface area contributed by atoms with Crippen molar-refractivity contribution in [3.05, 3.63) is 100 Å². The first-order valence-electron chi connectivity index (χ1n) is 10.4. The predicted molar refractivity (Wildman–Crippen MR) is 127 cm³/mol. The molecule has 0 spiro atoms. The largest absolute Gasteiger partial charge is 0.507 e. The maximum Gasteiger partial charge on any atom is 0.301 e. The molecule has 1 saturated heterocycles. The predicted octanol–water partition coefficient (Wildman–Crippen LogP) is 5.82. The van der Waals surface area contributed by atoms with Crippen molar-refractivity contribution in [3.63, 3.8) is 0 Å². The van der Waals surface area contributed by atoms with E-state index in [1.165, 1.54) is 4.90 Å². The molecule has 1 aliphatic rings. The van der Waals surface area contributed by atoms with Crippen LogP contribution in [0.25, 0.3) is 16.0 Å². The summed E-state index contributed by atoms with van der Waals surface area (Å²) in [7, 11) is 0. The number of hydrogen-bond donors (Lipinski definition) is 1. The van der Waals surface area contributed by atoms with Crippen molar-refractivity contribution in [2.24, 2.45) is 0 Å². The number of Topliss-reactive ketones (excluding diaryl/α,β-unsaturated/α-hetero) is 1. The van der Waals surface area contributed by atoms with E-state index in [1.807, 2.05) is 26.0 Å². The molecule has 4 aromatic rings. The summed E-state index contributed by atoms with van der Waals surface area (Å²) in [5.41, 5.74) is 2.96. The molecular formula is C26H18F2N2O3S. The highest BCUT2D eigenvalue weighted by atomic mass is 32.1. The Kier molecular flexibility index (Phi) is 5.25. The minimum absolute atomic E-state index is 0.0731. The molecule has 34 heavy (non-hydrogen) atoms. The normalized spacial score (nSPS) is 17.6. The van der Waals surface area contributed by atoms with Crippen molar-refractivity contribution >= 4 is 44.1 Å². The molecule has 0 aliphatic carbocycles. The summed E-state index contributed by atoms with van der Waals surface area (Å²) >= 11 is 0.968. The molecule has 170 valence electrons. The number of thiazole rings is 1. The van der Waals surface area contributed by atoms with E-state index in [2.05, 4.69) is 4.98 Å². The Morgan fingerprint density at radius 3 is 2.38 bits per heavy atom. The van der Waals surface area contributed by atoms with Crippen LogP contribution in [0.2, 0.25) is 0 Å². The van der Waals surface area contributed by atoms with Crippen molar-refractivity contribution in [3.8, 4) is 0 Å². The number of benzene rings is 3. The summed E-state index contributed by atoms with van der Waals surface area (Å²) in [6.45, 7) is 3.77. The van der Waals surface area contributed by atoms with Crippen LogP contribution in [0.1, 0.15) is 28.3 Å². The first kappa shape index (κ1) is 21.9. The molecule has 0 bridgehead atoms. The zero-order valence-corrected chi connectivity index (χ0v) is 19.0. The van der Waals surface area contributed by atoms with E-state index in [0.29, 0.717) is 15.8 Å². The van der Waals surface area contributed by atoms with Crippen LogP contribution in [-0.2, 0) is 9.59 Å². The molecule has 8 heteroatoms. The van der Waals surface area contributed by atoms with E-state index in [-0.39, 0.29) is 22.0 Å². The quantitative estimate of drug-likeness (QED) is 0.230. The zero-order valence-electron chi connectivity index (χ0n) is 18.2. The number of halogens is 2. The van der Waals surface area contributed by atoms with Crippen molar-refractivity contribution in [2.45, 2.75) is 19.9 Å². The highest BCUT2D eigenvalue weighted by Crippen LogP contribution is 2.44. The fourth-order valence-corrected chi connectivity index (χ4v) is 5.07. The SMILES string of the molecule is Cc1ccc(/C(O)=C2\C(=O)C(=O)N(c3nc4cc(F)c(F)cc4s3)C2c2cccc(C)c2)cc1. The van der Waals surface area contributed by atoms with Gasteiger partial charge in [0.25, 0.3) is 5.78 Å². The van der Waals surface area contributed by atoms with E-state index in [9.17, 15) is 23.5 Å². The van der Waals surface area contributed by atoms with Crippen molar-refractivity contribution in [2.75, 3.05) is 4.90 Å². The molecule has 1 aliphatic heterocycles. The number of hydrogen-bond acceptors (Lipinski definition) is 5. The first-order valence-corrected chi connectivity index (χ1v) is 11.3. The van der Waals surface area contributed by atoms with E-state index in [1.54, 1.807) is 36.4 Å². The number of amides is 1. The smallest absolute Gasteiger partial charge is 0.301 e. The Balaban J connectivity index is 1.74. The third kappa shape index (κ3) is 3.56. The lowest BCUT2D eigenvalue weighted by atomic mass is 9.94. The number of carbonyl (C=O) groups excluding carboxylic acids is 2. The Morgan fingerprint density at radius 1 is 0.971 bits per heavy atom. The van der Waals surface area contributed by atoms with Crippen LogP contribution in [-0.4, -0.2) is 21.8 Å². The molecule has 3 aromatic carbocycles. The van der Waals surface area contributed by atoms with Crippen molar-refractivity contribution in [1.29, 1.82) is 0 Å². The van der Waals surface area contributed by atoms with E-state index >= 15 is 0 Å². The van der Waals surface area contributed by atoms with Gasteiger partial charge < -0.3 is 5.11 Å². The molecule has 1 unspecified atom stereocenters. The molecule has 1 N–H and O–H groups in total. The minimum atomic E-state index is -1.05. The number of fused-ring (bicyclic) bond motifs is 1. The molecule has 5 rings (SSSR count). The van der Waals surface area contributed by atoms with Gasteiger partial charge in [0.05, 0.1) is 21.8 Å². The van der Waals surface area contributed by atoms with Crippen LogP contribution in [0.15, 0.2) is 66.2 Å². The zero-order chi connectivity index (χ0) is 24.1. The van der Waals surface area contributed by atoms with Crippen molar-refractivity contribution in [1.82, 2.24) is 4.98 Å². The van der Waals surface area contributed by atoms with Crippen LogP contribution < -0.4 is 4.90 Å². The summed E-state index contributed by atoms with van der Waals surface area (Å²) in [6, 6.07) is 15.2. The Bertz CT molecular complexity index is 1470. The number of aromatic nitrogens is 1. The van der Waals surface area contributed by atoms with Gasteiger partial charge in [0.15, 0.2) is 16.8 Å². The number of rotatable bonds is 3. The van der Waals surface area contributed by atoms with Gasteiger partial charge in [-0.1, -0.05) is 71.0 Å². The van der Waals surface area contributed by atoms with Gasteiger partial charge in [0.2, 0.25) is 0 Å². The lowest BCUT2D eigenvalue weighted by molar-refractivity contribution is -0.132. The second-order valence-corrected chi connectivity index (χ2v) is 9.19. The van der Waals surface area contributed by atoms with Crippen LogP contribution in [0, 0.1) is 25.5 Å². The summed E-state index contributed by atoms with van der Waals surface area (Å²) in [4.78, 5) is 32.0. The lowest BCUT2D eigenvalue weighted by Crippen LogP contribution is -2.29. The molecule has 1 amide bonds. The van der Waals surface area contributed by atoms with Crippen LogP contribution >= 0.6 is 11.3 Å². The molecule has 0 saturated carbocycles. The van der Waals surface area contributed by atoms with E-state index in [4.69, 9.17) is 0 Å². The highest BCUT2D eigenvalue weighted by molar-refractivity contribution is 7.22. The van der Waals surface area contributed by atoms with Gasteiger partial charge in [0, 0.05) is 11.6 Å². The number of ketones is 1. The number of aryl methyl sites for hydroxylation is 2. The summed E-state index contributed by atoms with van der Waals surface area (Å²) in [5, 5.41) is 11.2. The Hall–Kier alpha value is -3.91. The maximum absolute atomic E-state index is 13.8. The fraction of sp³-hybridized carbons (Fsp3) is 0.115. The molecule has 1 aromatic heterocycles. The van der Waals surface area contributed by atoms with E-state index < -0.39 is 29.4 Å². The third-order valence-electron chi connectivity index (χ3n) is 5.75. The maximum atomic E-state index is 13.8. The second-order valence-electron chi connectivity index (χ2n) is 8.18. The Morgan fingerprint density at radius 2 is 1.68 bits per heavy atom. The number of carbonyl (C=O) groups is 2. The number of aliphatic hydroxyl groups is 1. The fourth-order valence-electron chi connectivity index (χ4n) is 4.07. The van der Waals surface area contributed by atoms with Gasteiger partial charge in [0.1, 0.15) is 5.76 Å².